The van der Waals surface area contributed by atoms with Gasteiger partial charge < -0.3 is 25.2 Å². The van der Waals surface area contributed by atoms with Crippen LogP contribution in [0.5, 0.6) is 0 Å². The van der Waals surface area contributed by atoms with Crippen LogP contribution < -0.4 is 10.6 Å². The standard InChI is InChI=1S/C25H35N5O2/c1-5-26-25(30-13-14-32-23(17-30)22-12-7-6-9-19(22)2)27-16-20-10-8-11-21(15-20)28-24(31)18-29(3)4/h6-12,15,23H,5,13-14,16-18H2,1-4H3,(H,26,27)(H,28,31). The van der Waals surface area contributed by atoms with Crippen molar-refractivity contribution in [1.29, 1.82) is 0 Å². The van der Waals surface area contributed by atoms with Gasteiger partial charge in [-0.2, -0.15) is 0 Å². The molecule has 2 aromatic rings. The average molecular weight is 438 g/mol. The number of rotatable bonds is 7. The molecule has 1 amide bonds. The summed E-state index contributed by atoms with van der Waals surface area (Å²) in [5, 5.41) is 6.37. The predicted molar refractivity (Wildman–Crippen MR) is 130 cm³/mol. The number of carbonyl (C=O) groups is 1. The van der Waals surface area contributed by atoms with E-state index in [-0.39, 0.29) is 12.0 Å². The van der Waals surface area contributed by atoms with E-state index in [1.807, 2.05) is 43.3 Å². The van der Waals surface area contributed by atoms with E-state index in [2.05, 4.69) is 53.6 Å². The highest BCUT2D eigenvalue weighted by molar-refractivity contribution is 5.92. The molecular weight excluding hydrogens is 402 g/mol. The molecule has 7 heteroatoms. The first-order valence-corrected chi connectivity index (χ1v) is 11.2. The quantitative estimate of drug-likeness (QED) is 0.515. The number of aryl methyl sites for hydroxylation is 1. The molecule has 0 spiro atoms. The molecule has 7 nitrogen and oxygen atoms in total. The second kappa shape index (κ2) is 11.6. The molecule has 2 N–H and O–H groups in total. The van der Waals surface area contributed by atoms with Gasteiger partial charge in [-0.25, -0.2) is 4.99 Å². The van der Waals surface area contributed by atoms with Crippen molar-refractivity contribution < 1.29 is 9.53 Å². The lowest BCUT2D eigenvalue weighted by Crippen LogP contribution is -2.48. The van der Waals surface area contributed by atoms with Gasteiger partial charge >= 0.3 is 0 Å². The lowest BCUT2D eigenvalue weighted by Gasteiger charge is -2.35. The first kappa shape index (κ1) is 23.8. The van der Waals surface area contributed by atoms with Crippen LogP contribution in [0.25, 0.3) is 0 Å². The minimum absolute atomic E-state index is 0.0282. The Labute approximate surface area is 191 Å². The summed E-state index contributed by atoms with van der Waals surface area (Å²) in [7, 11) is 3.75. The predicted octanol–water partition coefficient (Wildman–Crippen LogP) is 3.03. The fraction of sp³-hybridized carbons (Fsp3) is 0.440. The van der Waals surface area contributed by atoms with Gasteiger partial charge in [0.2, 0.25) is 5.91 Å². The number of guanidine groups is 1. The number of aliphatic imine (C=N–C) groups is 1. The molecule has 1 aliphatic heterocycles. The third kappa shape index (κ3) is 6.80. The van der Waals surface area contributed by atoms with Gasteiger partial charge in [-0.05, 0) is 56.8 Å². The molecule has 3 rings (SSSR count). The lowest BCUT2D eigenvalue weighted by molar-refractivity contribution is -0.116. The molecule has 1 heterocycles. The number of anilines is 1. The zero-order chi connectivity index (χ0) is 22.9. The maximum atomic E-state index is 12.1. The zero-order valence-corrected chi connectivity index (χ0v) is 19.6. The molecule has 32 heavy (non-hydrogen) atoms. The van der Waals surface area contributed by atoms with E-state index in [4.69, 9.17) is 9.73 Å². The van der Waals surface area contributed by atoms with Gasteiger partial charge in [-0.15, -0.1) is 0 Å². The summed E-state index contributed by atoms with van der Waals surface area (Å²) >= 11 is 0. The third-order valence-electron chi connectivity index (χ3n) is 5.32. The smallest absolute Gasteiger partial charge is 0.238 e. The van der Waals surface area contributed by atoms with Crippen molar-refractivity contribution in [2.45, 2.75) is 26.5 Å². The van der Waals surface area contributed by atoms with E-state index in [1.165, 1.54) is 11.1 Å². The van der Waals surface area contributed by atoms with Gasteiger partial charge in [-0.3, -0.25) is 4.79 Å². The molecule has 1 fully saturated rings. The van der Waals surface area contributed by atoms with Crippen molar-refractivity contribution in [2.75, 3.05) is 52.2 Å². The molecule has 172 valence electrons. The lowest BCUT2D eigenvalue weighted by atomic mass is 10.0. The average Bonchev–Trinajstić information content (AvgIpc) is 2.76. The topological polar surface area (TPSA) is 69.2 Å². The molecule has 1 aliphatic rings. The van der Waals surface area contributed by atoms with Gasteiger partial charge in [0, 0.05) is 18.8 Å². The summed E-state index contributed by atoms with van der Waals surface area (Å²) < 4.78 is 6.08. The van der Waals surface area contributed by atoms with Gasteiger partial charge in [-0.1, -0.05) is 36.4 Å². The van der Waals surface area contributed by atoms with Crippen LogP contribution in [0.2, 0.25) is 0 Å². The fourth-order valence-electron chi connectivity index (χ4n) is 3.81. The number of carbonyl (C=O) groups excluding carboxylic acids is 1. The number of nitrogens with one attached hydrogen (secondary N) is 2. The summed E-state index contributed by atoms with van der Waals surface area (Å²) in [6.07, 6.45) is 0.0315. The van der Waals surface area contributed by atoms with E-state index < -0.39 is 0 Å². The van der Waals surface area contributed by atoms with Crippen molar-refractivity contribution in [3.63, 3.8) is 0 Å². The summed E-state index contributed by atoms with van der Waals surface area (Å²) in [6, 6.07) is 16.3. The summed E-state index contributed by atoms with van der Waals surface area (Å²) in [5.41, 5.74) is 4.32. The number of ether oxygens (including phenoxy) is 1. The molecule has 1 atom stereocenters. The Bertz CT molecular complexity index is 928. The largest absolute Gasteiger partial charge is 0.370 e. The van der Waals surface area contributed by atoms with Crippen LogP contribution in [-0.4, -0.2) is 68.5 Å². The SMILES string of the molecule is CCNC(=NCc1cccc(NC(=O)CN(C)C)c1)N1CCOC(c2ccccc2C)C1. The van der Waals surface area contributed by atoms with E-state index in [0.717, 1.165) is 36.8 Å². The van der Waals surface area contributed by atoms with Crippen molar-refractivity contribution >= 4 is 17.6 Å². The molecular formula is C25H35N5O2. The highest BCUT2D eigenvalue weighted by Crippen LogP contribution is 2.25. The Morgan fingerprint density at radius 2 is 2.03 bits per heavy atom. The highest BCUT2D eigenvalue weighted by Gasteiger charge is 2.25. The number of amides is 1. The number of likely N-dealkylation sites (N-methyl/N-ethyl adjacent to an activating group) is 1. The van der Waals surface area contributed by atoms with Crippen LogP contribution in [0.4, 0.5) is 5.69 Å². The zero-order valence-electron chi connectivity index (χ0n) is 19.6. The van der Waals surface area contributed by atoms with Crippen LogP contribution in [0.3, 0.4) is 0 Å². The van der Waals surface area contributed by atoms with Crippen LogP contribution >= 0.6 is 0 Å². The van der Waals surface area contributed by atoms with Crippen LogP contribution in [0.15, 0.2) is 53.5 Å². The van der Waals surface area contributed by atoms with E-state index in [9.17, 15) is 4.79 Å². The van der Waals surface area contributed by atoms with Crippen molar-refractivity contribution in [3.05, 3.63) is 65.2 Å². The Balaban J connectivity index is 1.69. The summed E-state index contributed by atoms with van der Waals surface area (Å²) in [4.78, 5) is 21.1. The minimum atomic E-state index is -0.0282. The summed E-state index contributed by atoms with van der Waals surface area (Å²) in [5.74, 6) is 0.857. The van der Waals surface area contributed by atoms with Gasteiger partial charge in [0.1, 0.15) is 6.10 Å². The number of hydrogen-bond donors (Lipinski definition) is 2. The molecule has 0 bridgehead atoms. The minimum Gasteiger partial charge on any atom is -0.370 e. The maximum Gasteiger partial charge on any atom is 0.238 e. The Morgan fingerprint density at radius 1 is 1.22 bits per heavy atom. The molecule has 0 radical (unpaired) electrons. The van der Waals surface area contributed by atoms with E-state index in [0.29, 0.717) is 19.7 Å². The van der Waals surface area contributed by atoms with Gasteiger partial charge in [0.15, 0.2) is 5.96 Å². The van der Waals surface area contributed by atoms with Crippen molar-refractivity contribution in [1.82, 2.24) is 15.1 Å². The molecule has 0 saturated carbocycles. The Hall–Kier alpha value is -2.90. The molecule has 1 unspecified atom stereocenters. The normalized spacial score (nSPS) is 16.8. The highest BCUT2D eigenvalue weighted by atomic mass is 16.5. The molecule has 0 aliphatic carbocycles. The Kier molecular flexibility index (Phi) is 8.64. The number of benzene rings is 2. The van der Waals surface area contributed by atoms with Crippen LogP contribution in [0, 0.1) is 6.92 Å². The van der Waals surface area contributed by atoms with E-state index >= 15 is 0 Å². The van der Waals surface area contributed by atoms with Crippen molar-refractivity contribution in [3.8, 4) is 0 Å². The summed E-state index contributed by atoms with van der Waals surface area (Å²) in [6.45, 7) is 8.11. The monoisotopic (exact) mass is 437 g/mol. The maximum absolute atomic E-state index is 12.1. The number of nitrogens with zero attached hydrogens (tertiary/aromatic N) is 3. The molecule has 1 saturated heterocycles. The first-order valence-electron chi connectivity index (χ1n) is 11.2. The van der Waals surface area contributed by atoms with Crippen LogP contribution in [-0.2, 0) is 16.1 Å². The van der Waals surface area contributed by atoms with Gasteiger partial charge in [0.05, 0.1) is 26.2 Å². The second-order valence-electron chi connectivity index (χ2n) is 8.32. The molecule has 0 aromatic heterocycles. The van der Waals surface area contributed by atoms with Gasteiger partial charge in [0.25, 0.3) is 0 Å². The third-order valence-corrected chi connectivity index (χ3v) is 5.32. The number of morpholine rings is 1. The first-order chi connectivity index (χ1) is 15.5. The van der Waals surface area contributed by atoms with Crippen LogP contribution in [0.1, 0.15) is 29.7 Å². The van der Waals surface area contributed by atoms with Crippen molar-refractivity contribution in [2.24, 2.45) is 4.99 Å². The second-order valence-corrected chi connectivity index (χ2v) is 8.32. The molecule has 2 aromatic carbocycles. The number of hydrogen-bond acceptors (Lipinski definition) is 4. The van der Waals surface area contributed by atoms with E-state index in [1.54, 1.807) is 0 Å². The fourth-order valence-corrected chi connectivity index (χ4v) is 3.81. The Morgan fingerprint density at radius 3 is 2.78 bits per heavy atom.